The predicted octanol–water partition coefficient (Wildman–Crippen LogP) is 2.30. The maximum Gasteiger partial charge on any atom is 0.320 e. The number of urea groups is 1. The molecule has 4 heterocycles. The van der Waals surface area contributed by atoms with Crippen molar-refractivity contribution in [2.45, 2.75) is 25.8 Å². The van der Waals surface area contributed by atoms with E-state index in [1.54, 1.807) is 0 Å². The quantitative estimate of drug-likeness (QED) is 0.861. The highest BCUT2D eigenvalue weighted by atomic mass is 16.2. The van der Waals surface area contributed by atoms with Gasteiger partial charge in [0.05, 0.1) is 5.56 Å². The van der Waals surface area contributed by atoms with Crippen molar-refractivity contribution >= 4 is 17.5 Å². The van der Waals surface area contributed by atoms with E-state index in [9.17, 15) is 9.59 Å². The van der Waals surface area contributed by atoms with E-state index in [2.05, 4.69) is 0 Å². The number of pyridine rings is 1. The van der Waals surface area contributed by atoms with Crippen molar-refractivity contribution in [2.24, 2.45) is 0 Å². The number of likely N-dealkylation sites (tertiary alicyclic amines) is 1. The lowest BCUT2D eigenvalue weighted by Crippen LogP contribution is -2.48. The highest BCUT2D eigenvalue weighted by Crippen LogP contribution is 2.23. The normalized spacial score (nSPS) is 19.2. The molecule has 0 aromatic carbocycles. The van der Waals surface area contributed by atoms with Gasteiger partial charge in [0.1, 0.15) is 0 Å². The molecule has 0 atom stereocenters. The Hall–Kier alpha value is -2.50. The molecule has 0 aliphatic carbocycles. The van der Waals surface area contributed by atoms with Crippen molar-refractivity contribution < 1.29 is 9.59 Å². The zero-order chi connectivity index (χ0) is 17.4. The number of likely N-dealkylation sites (N-methyl/N-ethyl adjacent to an activating group) is 1. The Labute approximate surface area is 147 Å². The second-order valence-electron chi connectivity index (χ2n) is 6.84. The fourth-order valence-electron chi connectivity index (χ4n) is 3.97. The van der Waals surface area contributed by atoms with E-state index < -0.39 is 0 Å². The predicted molar refractivity (Wildman–Crippen MR) is 95.7 cm³/mol. The average molecular weight is 340 g/mol. The maximum atomic E-state index is 12.8. The van der Waals surface area contributed by atoms with Crippen molar-refractivity contribution in [3.05, 3.63) is 42.2 Å². The molecule has 2 saturated heterocycles. The molecule has 0 spiro atoms. The van der Waals surface area contributed by atoms with Crippen LogP contribution in [0, 0.1) is 0 Å². The third-order valence-corrected chi connectivity index (χ3v) is 5.45. The van der Waals surface area contributed by atoms with E-state index in [0.29, 0.717) is 13.1 Å². The zero-order valence-electron chi connectivity index (χ0n) is 14.6. The summed E-state index contributed by atoms with van der Waals surface area (Å²) in [5, 5.41) is 0. The third-order valence-electron chi connectivity index (χ3n) is 5.45. The molecule has 2 aromatic heterocycles. The summed E-state index contributed by atoms with van der Waals surface area (Å²) in [5.74, 6) is 0.0880. The zero-order valence-corrected chi connectivity index (χ0v) is 14.6. The van der Waals surface area contributed by atoms with Crippen LogP contribution < -0.4 is 0 Å². The van der Waals surface area contributed by atoms with Crippen LogP contribution in [0.1, 0.15) is 30.1 Å². The average Bonchev–Trinajstić information content (AvgIpc) is 3.24. The van der Waals surface area contributed by atoms with E-state index in [4.69, 9.17) is 0 Å². The summed E-state index contributed by atoms with van der Waals surface area (Å²) in [4.78, 5) is 30.9. The number of rotatable bonds is 3. The molecule has 132 valence electrons. The van der Waals surface area contributed by atoms with Gasteiger partial charge >= 0.3 is 6.03 Å². The van der Waals surface area contributed by atoms with Gasteiger partial charge in [-0.15, -0.1) is 0 Å². The van der Waals surface area contributed by atoms with Crippen LogP contribution in [-0.2, 0) is 0 Å². The van der Waals surface area contributed by atoms with Gasteiger partial charge in [-0.05, 0) is 38.0 Å². The minimum atomic E-state index is 0.0880. The third kappa shape index (κ3) is 2.86. The number of carbonyl (C=O) groups is 2. The van der Waals surface area contributed by atoms with Crippen LogP contribution in [0.5, 0.6) is 0 Å². The van der Waals surface area contributed by atoms with Gasteiger partial charge in [-0.3, -0.25) is 4.79 Å². The van der Waals surface area contributed by atoms with Gasteiger partial charge in [0.2, 0.25) is 0 Å². The molecule has 0 bridgehead atoms. The molecular weight excluding hydrogens is 316 g/mol. The summed E-state index contributed by atoms with van der Waals surface area (Å²) in [7, 11) is 0. The molecule has 0 unspecified atom stereocenters. The molecule has 0 saturated carbocycles. The number of nitrogens with zero attached hydrogens (tertiary/aromatic N) is 4. The molecule has 25 heavy (non-hydrogen) atoms. The smallest absolute Gasteiger partial charge is 0.320 e. The molecule has 2 aliphatic rings. The number of piperidine rings is 1. The summed E-state index contributed by atoms with van der Waals surface area (Å²) >= 11 is 0. The Kier molecular flexibility index (Phi) is 4.11. The number of aromatic nitrogens is 1. The first-order valence-corrected chi connectivity index (χ1v) is 9.09. The summed E-state index contributed by atoms with van der Waals surface area (Å²) in [6.07, 6.45) is 5.58. The Balaban J connectivity index is 1.40. The number of carbonyl (C=O) groups excluding carboxylic acids is 2. The van der Waals surface area contributed by atoms with E-state index in [-0.39, 0.29) is 18.0 Å². The number of hydrogen-bond donors (Lipinski definition) is 0. The van der Waals surface area contributed by atoms with Crippen LogP contribution >= 0.6 is 0 Å². The molecule has 6 heteroatoms. The Morgan fingerprint density at radius 1 is 1.16 bits per heavy atom. The van der Waals surface area contributed by atoms with Crippen LogP contribution in [0.2, 0.25) is 0 Å². The van der Waals surface area contributed by atoms with Crippen LogP contribution in [0.25, 0.3) is 5.52 Å². The molecule has 2 aromatic rings. The van der Waals surface area contributed by atoms with E-state index in [0.717, 1.165) is 43.6 Å². The molecule has 2 aliphatic heterocycles. The standard InChI is InChI=1S/C19H24N4O2/c1-2-20-11-12-23(19(20)25)16-6-9-21(10-7-16)18(24)15-13-17-5-3-4-8-22(17)14-15/h3-5,8,13-14,16H,2,6-7,9-12H2,1H3. The second-order valence-corrected chi connectivity index (χ2v) is 6.84. The Morgan fingerprint density at radius 3 is 2.64 bits per heavy atom. The van der Waals surface area contributed by atoms with Gasteiger partial charge < -0.3 is 19.1 Å². The minimum absolute atomic E-state index is 0.0880. The van der Waals surface area contributed by atoms with Gasteiger partial charge in [0.25, 0.3) is 5.91 Å². The highest BCUT2D eigenvalue weighted by Gasteiger charge is 2.35. The molecule has 0 N–H and O–H groups in total. The number of hydrogen-bond acceptors (Lipinski definition) is 2. The molecule has 2 fully saturated rings. The lowest BCUT2D eigenvalue weighted by Gasteiger charge is -2.36. The summed E-state index contributed by atoms with van der Waals surface area (Å²) in [5.41, 5.74) is 1.77. The molecule has 6 nitrogen and oxygen atoms in total. The summed E-state index contributed by atoms with van der Waals surface area (Å²) in [6.45, 7) is 5.86. The first kappa shape index (κ1) is 16.0. The number of amides is 3. The lowest BCUT2D eigenvalue weighted by molar-refractivity contribution is 0.0663. The van der Waals surface area contributed by atoms with E-state index >= 15 is 0 Å². The lowest BCUT2D eigenvalue weighted by atomic mass is 10.0. The minimum Gasteiger partial charge on any atom is -0.338 e. The maximum absolute atomic E-state index is 12.8. The van der Waals surface area contributed by atoms with Crippen molar-refractivity contribution in [1.29, 1.82) is 0 Å². The number of fused-ring (bicyclic) bond motifs is 1. The van der Waals surface area contributed by atoms with Crippen LogP contribution in [0.15, 0.2) is 36.7 Å². The Bertz CT molecular complexity index is 759. The summed E-state index contributed by atoms with van der Waals surface area (Å²) in [6, 6.07) is 8.30. The topological polar surface area (TPSA) is 48.3 Å². The van der Waals surface area contributed by atoms with Gasteiger partial charge in [0.15, 0.2) is 0 Å². The fraction of sp³-hybridized carbons (Fsp3) is 0.474. The molecule has 4 rings (SSSR count). The van der Waals surface area contributed by atoms with Gasteiger partial charge in [0, 0.05) is 56.7 Å². The monoisotopic (exact) mass is 340 g/mol. The second kappa shape index (κ2) is 6.43. The van der Waals surface area contributed by atoms with Crippen LogP contribution in [0.4, 0.5) is 4.79 Å². The molecular formula is C19H24N4O2. The first-order valence-electron chi connectivity index (χ1n) is 9.09. The van der Waals surface area contributed by atoms with Gasteiger partial charge in [-0.25, -0.2) is 4.79 Å². The molecule has 3 amide bonds. The van der Waals surface area contributed by atoms with Crippen molar-refractivity contribution in [1.82, 2.24) is 19.1 Å². The van der Waals surface area contributed by atoms with Crippen LogP contribution in [0.3, 0.4) is 0 Å². The molecule has 0 radical (unpaired) electrons. The summed E-state index contributed by atoms with van der Waals surface area (Å²) < 4.78 is 1.97. The van der Waals surface area contributed by atoms with Crippen molar-refractivity contribution in [3.8, 4) is 0 Å². The SMILES string of the molecule is CCN1CCN(C2CCN(C(=O)c3cc4ccccn4c3)CC2)C1=O. The van der Waals surface area contributed by atoms with Crippen LogP contribution in [-0.4, -0.2) is 69.8 Å². The Morgan fingerprint density at radius 2 is 1.96 bits per heavy atom. The van der Waals surface area contributed by atoms with Crippen molar-refractivity contribution in [2.75, 3.05) is 32.7 Å². The van der Waals surface area contributed by atoms with Gasteiger partial charge in [-0.2, -0.15) is 0 Å². The highest BCUT2D eigenvalue weighted by molar-refractivity contribution is 5.95. The van der Waals surface area contributed by atoms with Gasteiger partial charge in [-0.1, -0.05) is 6.07 Å². The van der Waals surface area contributed by atoms with Crippen molar-refractivity contribution in [3.63, 3.8) is 0 Å². The van der Waals surface area contributed by atoms with E-state index in [1.165, 1.54) is 0 Å². The first-order chi connectivity index (χ1) is 12.2. The fourth-order valence-corrected chi connectivity index (χ4v) is 3.97. The van der Waals surface area contributed by atoms with E-state index in [1.807, 2.05) is 62.7 Å². The largest absolute Gasteiger partial charge is 0.338 e.